The standard InChI is InChI=1S/C28H26N2O6/c1-16(2)21-6-5-7-22(17(3)4)25(21)29-26(31)23-13-10-19(14-24(23)27(29)32)28(33)36-15-18-8-11-20(12-9-18)30(34)35/h5-14,16-17H,15H2,1-4H3. The number of nitrogens with zero attached hydrogens (tertiary/aromatic N) is 2. The van der Waals surface area contributed by atoms with Crippen molar-refractivity contribution in [1.29, 1.82) is 0 Å². The molecule has 0 fully saturated rings. The van der Waals surface area contributed by atoms with Gasteiger partial charge >= 0.3 is 5.97 Å². The molecule has 0 aromatic heterocycles. The molecule has 0 atom stereocenters. The van der Waals surface area contributed by atoms with Gasteiger partial charge in [0.2, 0.25) is 0 Å². The van der Waals surface area contributed by atoms with Crippen molar-refractivity contribution in [1.82, 2.24) is 0 Å². The summed E-state index contributed by atoms with van der Waals surface area (Å²) in [5.74, 6) is -1.38. The first kappa shape index (κ1) is 24.8. The first-order valence-corrected chi connectivity index (χ1v) is 11.7. The maximum absolute atomic E-state index is 13.5. The smallest absolute Gasteiger partial charge is 0.338 e. The second kappa shape index (κ2) is 9.73. The van der Waals surface area contributed by atoms with Crippen molar-refractivity contribution < 1.29 is 24.0 Å². The fourth-order valence-electron chi connectivity index (χ4n) is 4.29. The molecule has 0 bridgehead atoms. The fourth-order valence-corrected chi connectivity index (χ4v) is 4.29. The number of imide groups is 1. The van der Waals surface area contributed by atoms with Gasteiger partial charge in [-0.1, -0.05) is 45.9 Å². The van der Waals surface area contributed by atoms with Crippen LogP contribution in [0.5, 0.6) is 0 Å². The monoisotopic (exact) mass is 486 g/mol. The van der Waals surface area contributed by atoms with Gasteiger partial charge in [-0.2, -0.15) is 0 Å². The fraction of sp³-hybridized carbons (Fsp3) is 0.250. The van der Waals surface area contributed by atoms with Crippen LogP contribution >= 0.6 is 0 Å². The number of rotatable bonds is 7. The molecule has 0 N–H and O–H groups in total. The molecular formula is C28H26N2O6. The van der Waals surface area contributed by atoms with Crippen LogP contribution in [0.4, 0.5) is 11.4 Å². The Morgan fingerprint density at radius 3 is 2.03 bits per heavy atom. The van der Waals surface area contributed by atoms with Crippen LogP contribution in [0.15, 0.2) is 60.7 Å². The quantitative estimate of drug-likeness (QED) is 0.175. The summed E-state index contributed by atoms with van der Waals surface area (Å²) in [6.45, 7) is 7.97. The summed E-state index contributed by atoms with van der Waals surface area (Å²) in [7, 11) is 0. The summed E-state index contributed by atoms with van der Waals surface area (Å²) in [4.78, 5) is 51.0. The number of carbonyl (C=O) groups excluding carboxylic acids is 3. The molecule has 3 aromatic rings. The average Bonchev–Trinajstić information content (AvgIpc) is 3.11. The van der Waals surface area contributed by atoms with Gasteiger partial charge < -0.3 is 4.74 Å². The Kier molecular flexibility index (Phi) is 6.70. The van der Waals surface area contributed by atoms with Crippen molar-refractivity contribution in [2.75, 3.05) is 4.90 Å². The van der Waals surface area contributed by atoms with E-state index in [1.165, 1.54) is 47.4 Å². The zero-order valence-electron chi connectivity index (χ0n) is 20.5. The van der Waals surface area contributed by atoms with Crippen LogP contribution in [-0.2, 0) is 11.3 Å². The number of amides is 2. The largest absolute Gasteiger partial charge is 0.457 e. The van der Waals surface area contributed by atoms with E-state index in [4.69, 9.17) is 4.74 Å². The molecule has 0 aliphatic carbocycles. The number of hydrogen-bond acceptors (Lipinski definition) is 6. The number of anilines is 1. The number of para-hydroxylation sites is 1. The minimum Gasteiger partial charge on any atom is -0.457 e. The van der Waals surface area contributed by atoms with Gasteiger partial charge in [-0.05, 0) is 58.9 Å². The summed E-state index contributed by atoms with van der Waals surface area (Å²) in [5.41, 5.74) is 3.46. The second-order valence-electron chi connectivity index (χ2n) is 9.30. The molecule has 8 heteroatoms. The van der Waals surface area contributed by atoms with Crippen LogP contribution in [0.3, 0.4) is 0 Å². The second-order valence-corrected chi connectivity index (χ2v) is 9.30. The third-order valence-electron chi connectivity index (χ3n) is 6.21. The third-order valence-corrected chi connectivity index (χ3v) is 6.21. The molecule has 1 heterocycles. The van der Waals surface area contributed by atoms with E-state index in [2.05, 4.69) is 0 Å². The third kappa shape index (κ3) is 4.49. The minimum absolute atomic E-state index is 0.0592. The maximum atomic E-state index is 13.5. The highest BCUT2D eigenvalue weighted by Gasteiger charge is 2.39. The predicted molar refractivity (Wildman–Crippen MR) is 134 cm³/mol. The van der Waals surface area contributed by atoms with Gasteiger partial charge in [0, 0.05) is 12.1 Å². The van der Waals surface area contributed by atoms with Gasteiger partial charge in [0.25, 0.3) is 17.5 Å². The van der Waals surface area contributed by atoms with E-state index in [0.29, 0.717) is 11.3 Å². The average molecular weight is 487 g/mol. The van der Waals surface area contributed by atoms with E-state index in [9.17, 15) is 24.5 Å². The van der Waals surface area contributed by atoms with E-state index in [1.54, 1.807) is 0 Å². The maximum Gasteiger partial charge on any atom is 0.338 e. The number of hydrogen-bond donors (Lipinski definition) is 0. The zero-order valence-corrected chi connectivity index (χ0v) is 20.5. The number of carbonyl (C=O) groups is 3. The molecule has 0 saturated carbocycles. The molecule has 36 heavy (non-hydrogen) atoms. The highest BCUT2D eigenvalue weighted by atomic mass is 16.6. The molecule has 2 amide bonds. The highest BCUT2D eigenvalue weighted by molar-refractivity contribution is 6.35. The number of nitro groups is 1. The molecule has 3 aromatic carbocycles. The molecule has 0 saturated heterocycles. The van der Waals surface area contributed by atoms with E-state index in [1.807, 2.05) is 45.9 Å². The molecule has 8 nitrogen and oxygen atoms in total. The van der Waals surface area contributed by atoms with Crippen molar-refractivity contribution in [3.8, 4) is 0 Å². The van der Waals surface area contributed by atoms with E-state index in [0.717, 1.165) is 11.1 Å². The number of esters is 1. The number of ether oxygens (including phenoxy) is 1. The number of fused-ring (bicyclic) bond motifs is 1. The van der Waals surface area contributed by atoms with Crippen LogP contribution < -0.4 is 4.90 Å². The lowest BCUT2D eigenvalue weighted by molar-refractivity contribution is -0.384. The Bertz CT molecular complexity index is 1350. The van der Waals surface area contributed by atoms with Crippen molar-refractivity contribution in [2.24, 2.45) is 0 Å². The predicted octanol–water partition coefficient (Wildman–Crippen LogP) is 6.00. The van der Waals surface area contributed by atoms with Gasteiger partial charge in [-0.15, -0.1) is 0 Å². The minimum atomic E-state index is -0.666. The molecule has 0 radical (unpaired) electrons. The summed E-state index contributed by atoms with van der Waals surface area (Å²) < 4.78 is 5.33. The zero-order chi connectivity index (χ0) is 26.1. The molecule has 0 unspecified atom stereocenters. The lowest BCUT2D eigenvalue weighted by atomic mass is 9.92. The van der Waals surface area contributed by atoms with Crippen molar-refractivity contribution in [3.63, 3.8) is 0 Å². The SMILES string of the molecule is CC(C)c1cccc(C(C)C)c1N1C(=O)c2ccc(C(=O)OCc3ccc([N+](=O)[O-])cc3)cc2C1=O. The van der Waals surface area contributed by atoms with Gasteiger partial charge in [-0.25, -0.2) is 9.69 Å². The molecule has 0 spiro atoms. The van der Waals surface area contributed by atoms with Crippen molar-refractivity contribution in [3.05, 3.63) is 104 Å². The summed E-state index contributed by atoms with van der Waals surface area (Å²) >= 11 is 0. The Balaban J connectivity index is 1.60. The summed E-state index contributed by atoms with van der Waals surface area (Å²) in [6, 6.07) is 15.8. The lowest BCUT2D eigenvalue weighted by Gasteiger charge is -2.25. The Morgan fingerprint density at radius 2 is 1.47 bits per heavy atom. The molecule has 184 valence electrons. The van der Waals surface area contributed by atoms with Gasteiger partial charge in [0.15, 0.2) is 0 Å². The summed E-state index contributed by atoms with van der Waals surface area (Å²) in [5, 5.41) is 10.8. The van der Waals surface area contributed by atoms with Gasteiger partial charge in [0.1, 0.15) is 6.61 Å². The van der Waals surface area contributed by atoms with Crippen molar-refractivity contribution >= 4 is 29.2 Å². The van der Waals surface area contributed by atoms with Crippen LogP contribution in [0.25, 0.3) is 0 Å². The lowest BCUT2D eigenvalue weighted by Crippen LogP contribution is -2.31. The van der Waals surface area contributed by atoms with E-state index < -0.39 is 22.7 Å². The molecular weight excluding hydrogens is 460 g/mol. The first-order chi connectivity index (χ1) is 17.1. The number of benzene rings is 3. The van der Waals surface area contributed by atoms with Gasteiger partial charge in [0.05, 0.1) is 27.3 Å². The van der Waals surface area contributed by atoms with Crippen LogP contribution in [0, 0.1) is 10.1 Å². The Hall–Kier alpha value is -4.33. The van der Waals surface area contributed by atoms with E-state index >= 15 is 0 Å². The Labute approximate surface area is 208 Å². The molecule has 1 aliphatic heterocycles. The number of non-ortho nitro benzene ring substituents is 1. The van der Waals surface area contributed by atoms with Crippen LogP contribution in [-0.4, -0.2) is 22.7 Å². The summed E-state index contributed by atoms with van der Waals surface area (Å²) in [6.07, 6.45) is 0. The highest BCUT2D eigenvalue weighted by Crippen LogP contribution is 2.39. The topological polar surface area (TPSA) is 107 Å². The number of nitro benzene ring substituents is 1. The van der Waals surface area contributed by atoms with Gasteiger partial charge in [-0.3, -0.25) is 19.7 Å². The molecule has 4 rings (SSSR count). The molecule has 1 aliphatic rings. The Morgan fingerprint density at radius 1 is 0.889 bits per heavy atom. The van der Waals surface area contributed by atoms with Crippen molar-refractivity contribution in [2.45, 2.75) is 46.1 Å². The normalized spacial score (nSPS) is 12.9. The first-order valence-electron chi connectivity index (χ1n) is 11.7. The van der Waals surface area contributed by atoms with Crippen LogP contribution in [0.2, 0.25) is 0 Å². The van der Waals surface area contributed by atoms with Crippen LogP contribution in [0.1, 0.15) is 87.3 Å². The van der Waals surface area contributed by atoms with E-state index in [-0.39, 0.29) is 40.8 Å².